The summed E-state index contributed by atoms with van der Waals surface area (Å²) in [5, 5.41) is 3.02. The summed E-state index contributed by atoms with van der Waals surface area (Å²) in [6.07, 6.45) is 6.79. The lowest BCUT2D eigenvalue weighted by atomic mass is 9.75. The molecule has 0 aromatic rings. The number of fused-ring (bicyclic) bond motifs is 3. The average molecular weight is 309 g/mol. The molecule has 4 rings (SSSR count). The van der Waals surface area contributed by atoms with Gasteiger partial charge in [0.15, 0.2) is 0 Å². The van der Waals surface area contributed by atoms with Crippen molar-refractivity contribution in [2.24, 2.45) is 11.8 Å². The molecule has 0 radical (unpaired) electrons. The highest BCUT2D eigenvalue weighted by molar-refractivity contribution is 5.77. The van der Waals surface area contributed by atoms with Crippen LogP contribution in [0.2, 0.25) is 0 Å². The summed E-state index contributed by atoms with van der Waals surface area (Å²) in [5.74, 6) is 1.71. The maximum atomic E-state index is 11.6. The minimum absolute atomic E-state index is 0.00927. The van der Waals surface area contributed by atoms with Gasteiger partial charge in [0.05, 0.1) is 0 Å². The molecule has 0 aromatic carbocycles. The van der Waals surface area contributed by atoms with Crippen molar-refractivity contribution in [3.63, 3.8) is 0 Å². The van der Waals surface area contributed by atoms with Gasteiger partial charge in [-0.3, -0.25) is 9.69 Å². The zero-order chi connectivity index (χ0) is 15.4. The first-order chi connectivity index (χ1) is 10.8. The SMILES string of the molecule is COCC(=O)NC[C@H]1C[C@@H]2CCN1C[C@@H]2CN1CCCCC1. The van der Waals surface area contributed by atoms with Crippen LogP contribution in [-0.4, -0.2) is 74.7 Å². The van der Waals surface area contributed by atoms with Crippen molar-refractivity contribution in [3.05, 3.63) is 0 Å². The maximum absolute atomic E-state index is 11.6. The number of ether oxygens (including phenoxy) is 1. The molecular weight excluding hydrogens is 278 g/mol. The highest BCUT2D eigenvalue weighted by atomic mass is 16.5. The van der Waals surface area contributed by atoms with Crippen molar-refractivity contribution in [2.45, 2.75) is 38.1 Å². The van der Waals surface area contributed by atoms with Crippen LogP contribution in [0.15, 0.2) is 0 Å². The second-order valence-electron chi connectivity index (χ2n) is 7.29. The molecule has 1 N–H and O–H groups in total. The Hall–Kier alpha value is -0.650. The summed E-state index contributed by atoms with van der Waals surface area (Å²) < 4.78 is 4.88. The third kappa shape index (κ3) is 4.00. The molecule has 4 saturated heterocycles. The second kappa shape index (κ2) is 7.75. The van der Waals surface area contributed by atoms with Crippen molar-refractivity contribution in [1.82, 2.24) is 15.1 Å². The largest absolute Gasteiger partial charge is 0.375 e. The molecule has 0 aromatic heterocycles. The van der Waals surface area contributed by atoms with E-state index < -0.39 is 0 Å². The number of amides is 1. The monoisotopic (exact) mass is 309 g/mol. The minimum Gasteiger partial charge on any atom is -0.375 e. The Morgan fingerprint density at radius 1 is 1.23 bits per heavy atom. The lowest BCUT2D eigenvalue weighted by molar-refractivity contribution is -0.125. The molecule has 1 unspecified atom stereocenters. The number of piperidine rings is 4. The number of carbonyl (C=O) groups is 1. The molecule has 4 heterocycles. The summed E-state index contributed by atoms with van der Waals surface area (Å²) in [6.45, 7) is 7.31. The van der Waals surface area contributed by atoms with E-state index in [1.165, 1.54) is 64.8 Å². The Morgan fingerprint density at radius 2 is 2.05 bits per heavy atom. The Bertz CT molecular complexity index is 371. The van der Waals surface area contributed by atoms with E-state index >= 15 is 0 Å². The molecule has 4 fully saturated rings. The fraction of sp³-hybridized carbons (Fsp3) is 0.941. The Labute approximate surface area is 134 Å². The van der Waals surface area contributed by atoms with Gasteiger partial charge in [0.1, 0.15) is 6.61 Å². The van der Waals surface area contributed by atoms with Crippen LogP contribution in [-0.2, 0) is 9.53 Å². The van der Waals surface area contributed by atoms with E-state index in [-0.39, 0.29) is 12.5 Å². The molecule has 4 aliphatic rings. The van der Waals surface area contributed by atoms with E-state index in [1.807, 2.05) is 0 Å². The first kappa shape index (κ1) is 16.2. The summed E-state index contributed by atoms with van der Waals surface area (Å²) in [7, 11) is 1.57. The molecule has 5 nitrogen and oxygen atoms in total. The Balaban J connectivity index is 1.45. The van der Waals surface area contributed by atoms with Crippen LogP contribution >= 0.6 is 0 Å². The first-order valence-electron chi connectivity index (χ1n) is 8.98. The molecule has 0 saturated carbocycles. The van der Waals surface area contributed by atoms with Gasteiger partial charge in [0.2, 0.25) is 5.91 Å². The van der Waals surface area contributed by atoms with Gasteiger partial charge in [0, 0.05) is 32.8 Å². The molecule has 4 aliphatic heterocycles. The molecule has 0 aliphatic carbocycles. The minimum atomic E-state index is 0.00927. The highest BCUT2D eigenvalue weighted by Crippen LogP contribution is 2.36. The Kier molecular flexibility index (Phi) is 5.71. The third-order valence-corrected chi connectivity index (χ3v) is 5.77. The van der Waals surface area contributed by atoms with Crippen LogP contribution in [0, 0.1) is 11.8 Å². The summed E-state index contributed by atoms with van der Waals surface area (Å²) >= 11 is 0. The molecule has 1 amide bonds. The third-order valence-electron chi connectivity index (χ3n) is 5.77. The second-order valence-corrected chi connectivity index (χ2v) is 7.29. The summed E-state index contributed by atoms with van der Waals surface area (Å²) in [5.41, 5.74) is 0. The topological polar surface area (TPSA) is 44.8 Å². The number of nitrogens with one attached hydrogen (secondary N) is 1. The van der Waals surface area contributed by atoms with E-state index in [1.54, 1.807) is 7.11 Å². The zero-order valence-electron chi connectivity index (χ0n) is 13.9. The van der Waals surface area contributed by atoms with Gasteiger partial charge in [-0.2, -0.15) is 0 Å². The molecule has 5 heteroatoms. The standard InChI is InChI=1S/C17H31N3O2/c1-22-13-17(21)18-10-16-9-14-5-8-20(16)12-15(14)11-19-6-3-2-4-7-19/h14-16H,2-13H2,1H3,(H,18,21)/t14-,15-,16+/m0/s1. The number of rotatable bonds is 6. The number of nitrogens with zero attached hydrogens (tertiary/aromatic N) is 2. The fourth-order valence-electron chi connectivity index (χ4n) is 4.56. The van der Waals surface area contributed by atoms with Gasteiger partial charge < -0.3 is 15.0 Å². The maximum Gasteiger partial charge on any atom is 0.246 e. The number of hydrogen-bond acceptors (Lipinski definition) is 4. The van der Waals surface area contributed by atoms with Crippen LogP contribution in [0.3, 0.4) is 0 Å². The summed E-state index contributed by atoms with van der Waals surface area (Å²) in [6, 6.07) is 0.539. The van der Waals surface area contributed by atoms with Crippen molar-refractivity contribution in [3.8, 4) is 0 Å². The van der Waals surface area contributed by atoms with Crippen LogP contribution in [0.4, 0.5) is 0 Å². The zero-order valence-corrected chi connectivity index (χ0v) is 13.9. The van der Waals surface area contributed by atoms with E-state index in [0.29, 0.717) is 6.04 Å². The predicted octanol–water partition coefficient (Wildman–Crippen LogP) is 0.945. The molecule has 2 bridgehead atoms. The van der Waals surface area contributed by atoms with E-state index in [9.17, 15) is 4.79 Å². The van der Waals surface area contributed by atoms with Gasteiger partial charge in [-0.05, 0) is 57.2 Å². The van der Waals surface area contributed by atoms with Crippen molar-refractivity contribution in [2.75, 3.05) is 53.0 Å². The van der Waals surface area contributed by atoms with Gasteiger partial charge in [-0.15, -0.1) is 0 Å². The van der Waals surface area contributed by atoms with Crippen molar-refractivity contribution >= 4 is 5.91 Å². The normalized spacial score (nSPS) is 35.5. The van der Waals surface area contributed by atoms with Gasteiger partial charge in [0.25, 0.3) is 0 Å². The molecule has 22 heavy (non-hydrogen) atoms. The van der Waals surface area contributed by atoms with Gasteiger partial charge >= 0.3 is 0 Å². The average Bonchev–Trinajstić information content (AvgIpc) is 2.55. The van der Waals surface area contributed by atoms with Crippen LogP contribution in [0.5, 0.6) is 0 Å². The smallest absolute Gasteiger partial charge is 0.246 e. The Morgan fingerprint density at radius 3 is 2.73 bits per heavy atom. The number of carbonyl (C=O) groups excluding carboxylic acids is 1. The molecular formula is C17H31N3O2. The highest BCUT2D eigenvalue weighted by Gasteiger charge is 2.40. The van der Waals surface area contributed by atoms with Crippen molar-refractivity contribution < 1.29 is 9.53 Å². The number of likely N-dealkylation sites (tertiary alicyclic amines) is 1. The van der Waals surface area contributed by atoms with Gasteiger partial charge in [-0.1, -0.05) is 6.42 Å². The van der Waals surface area contributed by atoms with Crippen molar-refractivity contribution in [1.29, 1.82) is 0 Å². The lowest BCUT2D eigenvalue weighted by Crippen LogP contribution is -2.58. The van der Waals surface area contributed by atoms with E-state index in [0.717, 1.165) is 18.4 Å². The molecule has 126 valence electrons. The number of hydrogen-bond donors (Lipinski definition) is 1. The quantitative estimate of drug-likeness (QED) is 0.793. The van der Waals surface area contributed by atoms with E-state index in [4.69, 9.17) is 4.74 Å². The van der Waals surface area contributed by atoms with E-state index in [2.05, 4.69) is 15.1 Å². The predicted molar refractivity (Wildman–Crippen MR) is 86.8 cm³/mol. The fourth-order valence-corrected chi connectivity index (χ4v) is 4.56. The van der Waals surface area contributed by atoms with Crippen LogP contribution in [0.1, 0.15) is 32.1 Å². The van der Waals surface area contributed by atoms with Crippen LogP contribution < -0.4 is 5.32 Å². The first-order valence-corrected chi connectivity index (χ1v) is 8.98. The summed E-state index contributed by atoms with van der Waals surface area (Å²) in [4.78, 5) is 16.9. The molecule has 0 spiro atoms. The van der Waals surface area contributed by atoms with Crippen LogP contribution in [0.25, 0.3) is 0 Å². The lowest BCUT2D eigenvalue weighted by Gasteiger charge is -2.51. The van der Waals surface area contributed by atoms with Gasteiger partial charge in [-0.25, -0.2) is 0 Å². The number of methoxy groups -OCH3 is 1. The molecule has 4 atom stereocenters.